The summed E-state index contributed by atoms with van der Waals surface area (Å²) in [4.78, 5) is 72.2. The minimum atomic E-state index is -0.569. The Morgan fingerprint density at radius 1 is 0.815 bits per heavy atom. The molecule has 5 aromatic heterocycles. The molecule has 14 nitrogen and oxygen atoms in total. The molecule has 6 aromatic rings. The van der Waals surface area contributed by atoms with Gasteiger partial charge in [0.2, 0.25) is 11.4 Å². The number of thiophene rings is 1. The topological polar surface area (TPSA) is 195 Å². The third-order valence-electron chi connectivity index (χ3n) is 8.29. The molecular weight excluding hydrogens is 713 g/mol. The maximum Gasteiger partial charge on any atom is 0.337 e. The SMILES string of the molecule is CCCC/C(=N/Oc1nc2oc(=O)cc(CC)c2c(=O)[nH]1)C1=CCC=C1.CCc1cc(=O)oc2nc(O/N=C(\c3ccccc3)c3ccsc3)[nH]c(=O)c12. The molecule has 1 aliphatic rings. The zero-order valence-corrected chi connectivity index (χ0v) is 30.5. The van der Waals surface area contributed by atoms with Gasteiger partial charge in [-0.1, -0.05) is 86.1 Å². The number of fused-ring (bicyclic) bond motifs is 2. The van der Waals surface area contributed by atoms with Crippen molar-refractivity contribution in [3.63, 3.8) is 0 Å². The van der Waals surface area contributed by atoms with Gasteiger partial charge in [-0.2, -0.15) is 21.3 Å². The fourth-order valence-corrected chi connectivity index (χ4v) is 6.26. The molecule has 0 spiro atoms. The predicted molar refractivity (Wildman–Crippen MR) is 207 cm³/mol. The van der Waals surface area contributed by atoms with E-state index in [9.17, 15) is 19.2 Å². The lowest BCUT2D eigenvalue weighted by Gasteiger charge is -2.06. The average Bonchev–Trinajstić information content (AvgIpc) is 3.91. The normalized spacial score (nSPS) is 12.8. The number of H-pyrrole nitrogens is 2. The molecule has 0 saturated carbocycles. The van der Waals surface area contributed by atoms with E-state index >= 15 is 0 Å². The number of aromatic nitrogens is 4. The van der Waals surface area contributed by atoms with E-state index in [1.54, 1.807) is 0 Å². The summed E-state index contributed by atoms with van der Waals surface area (Å²) < 4.78 is 10.1. The lowest BCUT2D eigenvalue weighted by Crippen LogP contribution is -2.15. The molecule has 1 aromatic carbocycles. The van der Waals surface area contributed by atoms with Crippen molar-refractivity contribution in [1.82, 2.24) is 19.9 Å². The monoisotopic (exact) mass is 748 g/mol. The van der Waals surface area contributed by atoms with Crippen LogP contribution in [0.1, 0.15) is 68.7 Å². The first-order valence-corrected chi connectivity index (χ1v) is 18.3. The molecule has 0 fully saturated rings. The summed E-state index contributed by atoms with van der Waals surface area (Å²) in [6.45, 7) is 5.80. The van der Waals surface area contributed by atoms with Gasteiger partial charge in [0.25, 0.3) is 11.1 Å². The first-order chi connectivity index (χ1) is 26.3. The molecule has 7 rings (SSSR count). The number of hydrogen-bond acceptors (Lipinski definition) is 13. The van der Waals surface area contributed by atoms with E-state index in [0.29, 0.717) is 29.7 Å². The van der Waals surface area contributed by atoms with Crippen molar-refractivity contribution < 1.29 is 18.5 Å². The fourth-order valence-electron chi connectivity index (χ4n) is 5.62. The maximum atomic E-state index is 12.4. The second-order valence-corrected chi connectivity index (χ2v) is 12.7. The van der Waals surface area contributed by atoms with Crippen molar-refractivity contribution >= 4 is 45.0 Å². The number of aryl methyl sites for hydroxylation is 2. The van der Waals surface area contributed by atoms with Crippen LogP contribution in [0.2, 0.25) is 0 Å². The standard InChI is InChI=1S/C20H15N3O4S.C19H21N3O4/c1-2-12-10-15(24)26-19-16(12)18(25)21-20(22-19)27-23-17(14-8-9-28-11-14)13-6-4-3-5-7-13;1-3-5-10-14(13-8-6-7-9-13)22-26-19-20-17(24)16-12(4-2)11-15(23)25-18(16)21-19/h3-11H,2H2,1H3,(H,21,22,25);6,8-9,11H,3-5,7,10H2,1-2H3,(H,20,21,24)/b23-17+;22-14-. The van der Waals surface area contributed by atoms with Gasteiger partial charge in [0.05, 0.1) is 5.71 Å². The van der Waals surface area contributed by atoms with Crippen LogP contribution >= 0.6 is 11.3 Å². The summed E-state index contributed by atoms with van der Waals surface area (Å²) in [6.07, 6.45) is 10.8. The molecule has 15 heteroatoms. The van der Waals surface area contributed by atoms with Crippen molar-refractivity contribution in [2.45, 2.75) is 59.3 Å². The number of nitrogens with one attached hydrogen (secondary N) is 2. The van der Waals surface area contributed by atoms with E-state index < -0.39 is 22.4 Å². The summed E-state index contributed by atoms with van der Waals surface area (Å²) in [7, 11) is 0. The van der Waals surface area contributed by atoms with Gasteiger partial charge in [-0.3, -0.25) is 19.6 Å². The van der Waals surface area contributed by atoms with Crippen molar-refractivity contribution in [2.75, 3.05) is 0 Å². The average molecular weight is 749 g/mol. The molecule has 0 radical (unpaired) electrons. The van der Waals surface area contributed by atoms with Crippen molar-refractivity contribution in [2.24, 2.45) is 10.3 Å². The molecule has 0 bridgehead atoms. The Hall–Kier alpha value is -6.48. The van der Waals surface area contributed by atoms with Crippen LogP contribution in [0.3, 0.4) is 0 Å². The van der Waals surface area contributed by atoms with Crippen LogP contribution in [-0.4, -0.2) is 31.4 Å². The van der Waals surface area contributed by atoms with Crippen LogP contribution in [0.4, 0.5) is 0 Å². The molecule has 0 aliphatic heterocycles. The number of oxime groups is 2. The number of benzene rings is 1. The molecule has 276 valence electrons. The van der Waals surface area contributed by atoms with E-state index in [1.807, 2.05) is 73.2 Å². The smallest absolute Gasteiger partial charge is 0.337 e. The van der Waals surface area contributed by atoms with Crippen LogP contribution in [0.5, 0.6) is 12.0 Å². The molecular formula is C39H36N6O8S. The number of hydrogen-bond donors (Lipinski definition) is 2. The Kier molecular flexibility index (Phi) is 12.0. The summed E-state index contributed by atoms with van der Waals surface area (Å²) >= 11 is 1.53. The molecule has 1 aliphatic carbocycles. The van der Waals surface area contributed by atoms with Crippen molar-refractivity contribution in [3.8, 4) is 12.0 Å². The Morgan fingerprint density at radius 2 is 1.43 bits per heavy atom. The summed E-state index contributed by atoms with van der Waals surface area (Å²) in [5.74, 6) is 0. The number of allylic oxidation sites excluding steroid dienone is 4. The summed E-state index contributed by atoms with van der Waals surface area (Å²) in [5, 5.41) is 12.7. The molecule has 0 amide bonds. The van der Waals surface area contributed by atoms with Gasteiger partial charge in [0, 0.05) is 28.6 Å². The fraction of sp³-hybridized carbons (Fsp3) is 0.231. The first kappa shape index (κ1) is 37.3. The maximum absolute atomic E-state index is 12.4. The Labute approximate surface area is 311 Å². The zero-order chi connectivity index (χ0) is 38.0. The summed E-state index contributed by atoms with van der Waals surface area (Å²) in [6, 6.07) is 13.8. The predicted octanol–water partition coefficient (Wildman–Crippen LogP) is 6.58. The van der Waals surface area contributed by atoms with Gasteiger partial charge in [0.1, 0.15) is 16.5 Å². The lowest BCUT2D eigenvalue weighted by atomic mass is 10.1. The van der Waals surface area contributed by atoms with E-state index in [-0.39, 0.29) is 34.2 Å². The summed E-state index contributed by atoms with van der Waals surface area (Å²) in [5.41, 5.74) is 3.18. The van der Waals surface area contributed by atoms with Crippen LogP contribution in [-0.2, 0) is 12.8 Å². The van der Waals surface area contributed by atoms with E-state index in [2.05, 4.69) is 43.2 Å². The van der Waals surface area contributed by atoms with E-state index in [4.69, 9.17) is 18.5 Å². The first-order valence-electron chi connectivity index (χ1n) is 17.4. The second-order valence-electron chi connectivity index (χ2n) is 11.9. The van der Waals surface area contributed by atoms with Gasteiger partial charge in [-0.15, -0.1) is 0 Å². The Bertz CT molecular complexity index is 2630. The van der Waals surface area contributed by atoms with E-state index in [0.717, 1.165) is 48.1 Å². The third kappa shape index (κ3) is 8.75. The third-order valence-corrected chi connectivity index (χ3v) is 8.97. The highest BCUT2D eigenvalue weighted by Crippen LogP contribution is 2.19. The van der Waals surface area contributed by atoms with Gasteiger partial charge < -0.3 is 18.5 Å². The van der Waals surface area contributed by atoms with Crippen LogP contribution in [0.25, 0.3) is 22.2 Å². The van der Waals surface area contributed by atoms with E-state index in [1.165, 1.54) is 23.5 Å². The highest BCUT2D eigenvalue weighted by molar-refractivity contribution is 7.08. The number of nitrogens with zero attached hydrogens (tertiary/aromatic N) is 4. The van der Waals surface area contributed by atoms with Crippen molar-refractivity contribution in [3.05, 3.63) is 147 Å². The minimum Gasteiger partial charge on any atom is -0.403 e. The molecule has 0 saturated heterocycles. The minimum absolute atomic E-state index is 0.0432. The largest absolute Gasteiger partial charge is 0.403 e. The highest BCUT2D eigenvalue weighted by atomic mass is 32.1. The lowest BCUT2D eigenvalue weighted by molar-refractivity contribution is 0.310. The van der Waals surface area contributed by atoms with Gasteiger partial charge in [0.15, 0.2) is 0 Å². The van der Waals surface area contributed by atoms with Crippen LogP contribution < -0.4 is 32.0 Å². The van der Waals surface area contributed by atoms with Gasteiger partial charge in [-0.25, -0.2) is 9.59 Å². The van der Waals surface area contributed by atoms with Crippen molar-refractivity contribution in [1.29, 1.82) is 0 Å². The van der Waals surface area contributed by atoms with Crippen LogP contribution in [0, 0.1) is 0 Å². The van der Waals surface area contributed by atoms with Gasteiger partial charge >= 0.3 is 23.3 Å². The zero-order valence-electron chi connectivity index (χ0n) is 29.7. The highest BCUT2D eigenvalue weighted by Gasteiger charge is 2.16. The Morgan fingerprint density at radius 3 is 1.94 bits per heavy atom. The molecule has 0 atom stereocenters. The Balaban J connectivity index is 0.000000185. The molecule has 2 N–H and O–H groups in total. The number of unbranched alkanes of at least 4 members (excludes halogenated alkanes) is 1. The van der Waals surface area contributed by atoms with Gasteiger partial charge in [-0.05, 0) is 60.3 Å². The number of rotatable bonds is 12. The van der Waals surface area contributed by atoms with Crippen LogP contribution in [0.15, 0.2) is 121 Å². The quantitative estimate of drug-likeness (QED) is 0.102. The molecule has 0 unspecified atom stereocenters. The second kappa shape index (κ2) is 17.4. The molecule has 54 heavy (non-hydrogen) atoms. The number of aromatic amines is 2. The molecule has 5 heterocycles.